The van der Waals surface area contributed by atoms with E-state index >= 15 is 0 Å². The maximum atomic E-state index is 11.6. The fourth-order valence-corrected chi connectivity index (χ4v) is 3.25. The normalized spacial score (nSPS) is 35.9. The van der Waals surface area contributed by atoms with Crippen molar-refractivity contribution in [1.82, 2.24) is 8.01 Å². The van der Waals surface area contributed by atoms with Crippen LogP contribution in [0.15, 0.2) is 0 Å². The maximum absolute atomic E-state index is 11.6. The van der Waals surface area contributed by atoms with Crippen molar-refractivity contribution in [3.8, 4) is 0 Å². The first-order valence-electron chi connectivity index (χ1n) is 5.32. The van der Waals surface area contributed by atoms with Gasteiger partial charge in [0, 0.05) is 49.0 Å². The number of halogens is 1. The van der Waals surface area contributed by atoms with Crippen LogP contribution in [0, 0.1) is 5.92 Å². The van der Waals surface area contributed by atoms with Crippen LogP contribution in [0.25, 0.3) is 0 Å². The van der Waals surface area contributed by atoms with Crippen molar-refractivity contribution in [3.63, 3.8) is 0 Å². The molecule has 0 unspecified atom stereocenters. The third-order valence-corrected chi connectivity index (χ3v) is 4.57. The Morgan fingerprint density at radius 1 is 1.62 bits per heavy atom. The number of carbonyl (C=O) groups excluding carboxylic acids is 1. The number of carbonyl (C=O) groups is 1. The number of nitrogens with two attached hydrogens (primary N) is 1. The van der Waals surface area contributed by atoms with E-state index in [1.165, 1.54) is 7.11 Å². The average molecular weight is 341 g/mol. The Hall–Kier alpha value is -0.0800. The van der Waals surface area contributed by atoms with E-state index in [0.717, 1.165) is 13.1 Å². The van der Waals surface area contributed by atoms with Crippen LogP contribution in [0.5, 0.6) is 0 Å². The summed E-state index contributed by atoms with van der Waals surface area (Å²) >= 11 is 2.27. The summed E-state index contributed by atoms with van der Waals surface area (Å²) in [7, 11) is 3.15. The Bertz CT molecular complexity index is 263. The van der Waals surface area contributed by atoms with Gasteiger partial charge >= 0.3 is 6.09 Å². The summed E-state index contributed by atoms with van der Waals surface area (Å²) in [6.07, 6.45) is -0.327. The van der Waals surface area contributed by atoms with Crippen LogP contribution in [0.1, 0.15) is 13.8 Å². The minimum Gasteiger partial charge on any atom is -0.453 e. The van der Waals surface area contributed by atoms with E-state index in [4.69, 9.17) is 10.5 Å². The van der Waals surface area contributed by atoms with Gasteiger partial charge in [-0.05, 0) is 12.8 Å². The number of hydrogen-bond donors (Lipinski definition) is 1. The van der Waals surface area contributed by atoms with Gasteiger partial charge in [-0.1, -0.05) is 6.92 Å². The molecule has 0 aromatic heterocycles. The van der Waals surface area contributed by atoms with Crippen LogP contribution >= 0.6 is 22.9 Å². The molecule has 1 aliphatic rings. The number of methoxy groups -OCH3 is 1. The SMILES string of the molecule is COC(=O)N(C)[C@@]1(C)[C@H](N)CN(I)C[C@@H]1C. The molecular weight excluding hydrogens is 321 g/mol. The summed E-state index contributed by atoms with van der Waals surface area (Å²) in [5, 5.41) is 0. The molecule has 2 N–H and O–H groups in total. The first-order valence-corrected chi connectivity index (χ1v) is 6.28. The fourth-order valence-electron chi connectivity index (χ4n) is 2.23. The standard InChI is InChI=1S/C10H20IN3O2/c1-7-5-14(11)6-8(12)10(7,2)13(3)9(15)16-4/h7-8H,5-6,12H2,1-4H3/t7-,8+,10+/m0/s1. The van der Waals surface area contributed by atoms with Crippen molar-refractivity contribution in [2.75, 3.05) is 27.2 Å². The number of rotatable bonds is 1. The van der Waals surface area contributed by atoms with Crippen LogP contribution < -0.4 is 5.73 Å². The van der Waals surface area contributed by atoms with E-state index in [2.05, 4.69) is 32.9 Å². The first kappa shape index (κ1) is 14.0. The summed E-state index contributed by atoms with van der Waals surface area (Å²) < 4.78 is 6.94. The van der Waals surface area contributed by atoms with Crippen LogP contribution in [-0.4, -0.2) is 52.9 Å². The average Bonchev–Trinajstić information content (AvgIpc) is 2.23. The first-order chi connectivity index (χ1) is 7.33. The molecule has 0 aliphatic carbocycles. The Kier molecular flexibility index (Phi) is 4.42. The van der Waals surface area contributed by atoms with E-state index in [1.807, 2.05) is 6.92 Å². The second-order valence-electron chi connectivity index (χ2n) is 4.59. The highest BCUT2D eigenvalue weighted by Gasteiger charge is 2.47. The second-order valence-corrected chi connectivity index (χ2v) is 5.95. The van der Waals surface area contributed by atoms with Crippen molar-refractivity contribution in [2.24, 2.45) is 11.7 Å². The third kappa shape index (κ3) is 2.28. The highest BCUT2D eigenvalue weighted by atomic mass is 127. The molecule has 1 amide bonds. The van der Waals surface area contributed by atoms with Gasteiger partial charge in [-0.15, -0.1) is 0 Å². The van der Waals surface area contributed by atoms with E-state index in [9.17, 15) is 4.79 Å². The lowest BCUT2D eigenvalue weighted by Gasteiger charge is -2.51. The Morgan fingerprint density at radius 2 is 2.19 bits per heavy atom. The van der Waals surface area contributed by atoms with Crippen molar-refractivity contribution in [2.45, 2.75) is 25.4 Å². The molecule has 1 aliphatic heterocycles. The van der Waals surface area contributed by atoms with Gasteiger partial charge in [0.15, 0.2) is 0 Å². The molecule has 1 fully saturated rings. The Labute approximate surface area is 111 Å². The lowest BCUT2D eigenvalue weighted by atomic mass is 9.77. The van der Waals surface area contributed by atoms with Crippen molar-refractivity contribution >= 4 is 29.0 Å². The highest BCUT2D eigenvalue weighted by molar-refractivity contribution is 14.1. The predicted molar refractivity (Wildman–Crippen MR) is 71.3 cm³/mol. The van der Waals surface area contributed by atoms with Crippen LogP contribution in [-0.2, 0) is 4.74 Å². The van der Waals surface area contributed by atoms with Crippen LogP contribution in [0.3, 0.4) is 0 Å². The molecule has 0 bridgehead atoms. The van der Waals surface area contributed by atoms with Gasteiger partial charge in [0.05, 0.1) is 12.6 Å². The zero-order valence-corrected chi connectivity index (χ0v) is 12.4. The number of hydrogen-bond acceptors (Lipinski definition) is 4. The van der Waals surface area contributed by atoms with Crippen molar-refractivity contribution in [3.05, 3.63) is 0 Å². The molecule has 3 atom stereocenters. The molecule has 0 aromatic carbocycles. The third-order valence-electron chi connectivity index (χ3n) is 3.79. The topological polar surface area (TPSA) is 58.8 Å². The second kappa shape index (κ2) is 5.05. The molecule has 16 heavy (non-hydrogen) atoms. The molecule has 1 rings (SSSR count). The highest BCUT2D eigenvalue weighted by Crippen LogP contribution is 2.33. The van der Waals surface area contributed by atoms with Gasteiger partial charge in [0.2, 0.25) is 0 Å². The maximum Gasteiger partial charge on any atom is 0.409 e. The van der Waals surface area contributed by atoms with Gasteiger partial charge in [-0.2, -0.15) is 0 Å². The molecule has 94 valence electrons. The van der Waals surface area contributed by atoms with Gasteiger partial charge in [-0.3, -0.25) is 0 Å². The molecule has 1 saturated heterocycles. The number of amides is 1. The summed E-state index contributed by atoms with van der Waals surface area (Å²) in [6, 6.07) is -0.0720. The molecule has 0 saturated carbocycles. The molecule has 0 aromatic rings. The van der Waals surface area contributed by atoms with Gasteiger partial charge in [0.1, 0.15) is 0 Å². The van der Waals surface area contributed by atoms with E-state index < -0.39 is 0 Å². The van der Waals surface area contributed by atoms with Crippen LogP contribution in [0.2, 0.25) is 0 Å². The summed E-state index contributed by atoms with van der Waals surface area (Å²) in [4.78, 5) is 13.3. The van der Waals surface area contributed by atoms with E-state index in [1.54, 1.807) is 11.9 Å². The monoisotopic (exact) mass is 341 g/mol. The molecule has 5 nitrogen and oxygen atoms in total. The lowest BCUT2D eigenvalue weighted by molar-refractivity contribution is 0.0163. The number of likely N-dealkylation sites (N-methyl/N-ethyl adjacent to an activating group) is 1. The van der Waals surface area contributed by atoms with Crippen LogP contribution in [0.4, 0.5) is 4.79 Å². The fraction of sp³-hybridized carbons (Fsp3) is 0.900. The van der Waals surface area contributed by atoms with Gasteiger partial charge in [0.25, 0.3) is 0 Å². The Balaban J connectivity index is 2.92. The van der Waals surface area contributed by atoms with Crippen molar-refractivity contribution < 1.29 is 9.53 Å². The van der Waals surface area contributed by atoms with Gasteiger partial charge in [-0.25, -0.2) is 7.91 Å². The minimum absolute atomic E-state index is 0.0720. The largest absolute Gasteiger partial charge is 0.453 e. The quantitative estimate of drug-likeness (QED) is 0.573. The summed E-state index contributed by atoms with van der Waals surface area (Å²) in [5.41, 5.74) is 5.84. The summed E-state index contributed by atoms with van der Waals surface area (Å²) in [5.74, 6) is 0.303. The smallest absolute Gasteiger partial charge is 0.409 e. The lowest BCUT2D eigenvalue weighted by Crippen LogP contribution is -2.68. The zero-order chi connectivity index (χ0) is 12.5. The van der Waals surface area contributed by atoms with Crippen molar-refractivity contribution in [1.29, 1.82) is 0 Å². The summed E-state index contributed by atoms with van der Waals surface area (Å²) in [6.45, 7) is 5.85. The zero-order valence-electron chi connectivity index (χ0n) is 10.2. The van der Waals surface area contributed by atoms with E-state index in [0.29, 0.717) is 5.92 Å². The molecule has 0 spiro atoms. The minimum atomic E-state index is -0.352. The van der Waals surface area contributed by atoms with Gasteiger partial charge < -0.3 is 15.4 Å². The molecule has 6 heteroatoms. The predicted octanol–water partition coefficient (Wildman–Crippen LogP) is 1.07. The Morgan fingerprint density at radius 3 is 2.62 bits per heavy atom. The molecule has 0 radical (unpaired) electrons. The number of nitrogens with zero attached hydrogens (tertiary/aromatic N) is 2. The number of ether oxygens (including phenoxy) is 1. The number of piperidine rings is 1. The molecular formula is C10H20IN3O2. The molecule has 1 heterocycles. The van der Waals surface area contributed by atoms with E-state index in [-0.39, 0.29) is 17.7 Å².